The summed E-state index contributed by atoms with van der Waals surface area (Å²) in [6, 6.07) is 0. The summed E-state index contributed by atoms with van der Waals surface area (Å²) in [5.74, 6) is -0.289. The zero-order chi connectivity index (χ0) is 17.9. The molecule has 0 aromatic heterocycles. The summed E-state index contributed by atoms with van der Waals surface area (Å²) in [7, 11) is 0. The molecule has 0 aromatic rings. The van der Waals surface area contributed by atoms with Crippen molar-refractivity contribution in [3.8, 4) is 0 Å². The largest absolute Gasteiger partial charge is 0.455 e. The lowest BCUT2D eigenvalue weighted by Gasteiger charge is -2.08. The van der Waals surface area contributed by atoms with E-state index >= 15 is 0 Å². The van der Waals surface area contributed by atoms with Crippen LogP contribution >= 0.6 is 0 Å². The topological polar surface area (TPSA) is 66.8 Å². The lowest BCUT2D eigenvalue weighted by molar-refractivity contribution is -0.140. The van der Waals surface area contributed by atoms with Crippen LogP contribution in [0.1, 0.15) is 65.7 Å². The maximum absolute atomic E-state index is 11.9. The Balaban J connectivity index is 2.45. The number of carbonyl (C=O) groups is 1. The molecule has 2 unspecified atom stereocenters. The molecular weight excluding hydrogens is 304 g/mol. The third kappa shape index (κ3) is 7.93. The predicted octanol–water partition coefficient (Wildman–Crippen LogP) is 3.83. The van der Waals surface area contributed by atoms with Crippen LogP contribution in [-0.4, -0.2) is 35.0 Å². The zero-order valence-electron chi connectivity index (χ0n) is 15.3. The summed E-state index contributed by atoms with van der Waals surface area (Å²) >= 11 is 0. The van der Waals surface area contributed by atoms with Crippen molar-refractivity contribution >= 4 is 5.97 Å². The highest BCUT2D eigenvalue weighted by atomic mass is 16.5. The monoisotopic (exact) mass is 336 g/mol. The standard InChI is InChI=1S/C20H32O4/c1-4-5-6-10-19-13-17(20(23)24-19)12-18(22)11-15(2)8-7-9-16(3)14-21/h9,11,13,18-19,21-22H,4-8,10,12,14H2,1-3H3/b15-11+,16-9+. The van der Waals surface area contributed by atoms with Crippen LogP contribution in [0.5, 0.6) is 0 Å². The number of rotatable bonds is 11. The van der Waals surface area contributed by atoms with E-state index in [0.29, 0.717) is 12.0 Å². The van der Waals surface area contributed by atoms with Gasteiger partial charge in [0.15, 0.2) is 0 Å². The number of allylic oxidation sites excluding steroid dienone is 2. The minimum atomic E-state index is -0.666. The van der Waals surface area contributed by atoms with Crippen molar-refractivity contribution < 1.29 is 19.7 Å². The van der Waals surface area contributed by atoms with E-state index in [1.54, 1.807) is 6.08 Å². The Labute approximate surface area is 145 Å². The number of hydrogen-bond acceptors (Lipinski definition) is 4. The van der Waals surface area contributed by atoms with Crippen LogP contribution in [0.2, 0.25) is 0 Å². The summed E-state index contributed by atoms with van der Waals surface area (Å²) in [5, 5.41) is 19.1. The lowest BCUT2D eigenvalue weighted by Crippen LogP contribution is -2.11. The Morgan fingerprint density at radius 2 is 2.08 bits per heavy atom. The van der Waals surface area contributed by atoms with E-state index in [0.717, 1.165) is 49.7 Å². The molecule has 0 saturated heterocycles. The second kappa shape index (κ2) is 11.2. The summed E-state index contributed by atoms with van der Waals surface area (Å²) in [5.41, 5.74) is 2.62. The van der Waals surface area contributed by atoms with Crippen molar-refractivity contribution in [2.45, 2.75) is 77.9 Å². The van der Waals surface area contributed by atoms with Crippen LogP contribution in [0.25, 0.3) is 0 Å². The maximum atomic E-state index is 11.9. The SMILES string of the molecule is CCCCCC1C=C(CC(O)/C=C(\C)CC/C=C(\C)CO)C(=O)O1. The quantitative estimate of drug-likeness (QED) is 0.342. The molecule has 136 valence electrons. The molecule has 1 heterocycles. The van der Waals surface area contributed by atoms with Gasteiger partial charge in [0.25, 0.3) is 0 Å². The molecule has 0 amide bonds. The third-order valence-electron chi connectivity index (χ3n) is 4.19. The predicted molar refractivity (Wildman–Crippen MR) is 96.6 cm³/mol. The second-order valence-corrected chi connectivity index (χ2v) is 6.66. The summed E-state index contributed by atoms with van der Waals surface area (Å²) in [4.78, 5) is 11.9. The average Bonchev–Trinajstić information content (AvgIpc) is 2.87. The zero-order valence-corrected chi connectivity index (χ0v) is 15.3. The van der Waals surface area contributed by atoms with Gasteiger partial charge in [0.1, 0.15) is 6.10 Å². The Morgan fingerprint density at radius 3 is 2.75 bits per heavy atom. The molecule has 1 aliphatic rings. The highest BCUT2D eigenvalue weighted by Crippen LogP contribution is 2.23. The van der Waals surface area contributed by atoms with Gasteiger partial charge in [-0.05, 0) is 45.6 Å². The van der Waals surface area contributed by atoms with E-state index in [1.807, 2.05) is 26.0 Å². The van der Waals surface area contributed by atoms with E-state index < -0.39 is 6.10 Å². The van der Waals surface area contributed by atoms with Gasteiger partial charge >= 0.3 is 5.97 Å². The smallest absolute Gasteiger partial charge is 0.334 e. The van der Waals surface area contributed by atoms with Crippen molar-refractivity contribution in [1.29, 1.82) is 0 Å². The third-order valence-corrected chi connectivity index (χ3v) is 4.19. The number of unbranched alkanes of at least 4 members (excludes halogenated alkanes) is 2. The Morgan fingerprint density at radius 1 is 1.33 bits per heavy atom. The number of hydrogen-bond donors (Lipinski definition) is 2. The lowest BCUT2D eigenvalue weighted by atomic mass is 10.0. The molecule has 1 rings (SSSR count). The van der Waals surface area contributed by atoms with Crippen molar-refractivity contribution in [1.82, 2.24) is 0 Å². The molecule has 0 saturated carbocycles. The van der Waals surface area contributed by atoms with E-state index in [4.69, 9.17) is 9.84 Å². The molecule has 0 radical (unpaired) electrons. The Hall–Kier alpha value is -1.39. The molecule has 4 nitrogen and oxygen atoms in total. The second-order valence-electron chi connectivity index (χ2n) is 6.66. The van der Waals surface area contributed by atoms with Gasteiger partial charge in [-0.25, -0.2) is 4.79 Å². The normalized spacial score (nSPS) is 20.1. The molecule has 4 heteroatoms. The molecule has 0 spiro atoms. The first-order valence-electron chi connectivity index (χ1n) is 8.99. The van der Waals surface area contributed by atoms with Crippen molar-refractivity contribution in [3.63, 3.8) is 0 Å². The summed E-state index contributed by atoms with van der Waals surface area (Å²) in [6.07, 6.45) is 11.1. The highest BCUT2D eigenvalue weighted by molar-refractivity contribution is 5.91. The summed E-state index contributed by atoms with van der Waals surface area (Å²) in [6.45, 7) is 6.10. The van der Waals surface area contributed by atoms with Gasteiger partial charge in [-0.3, -0.25) is 0 Å². The first kappa shape index (κ1) is 20.7. The Bertz CT molecular complexity index is 488. The number of carbonyl (C=O) groups excluding carboxylic acids is 1. The number of esters is 1. The van der Waals surface area contributed by atoms with Gasteiger partial charge in [-0.15, -0.1) is 0 Å². The molecular formula is C20H32O4. The van der Waals surface area contributed by atoms with E-state index in [9.17, 15) is 9.90 Å². The van der Waals surface area contributed by atoms with E-state index in [1.165, 1.54) is 0 Å². The van der Waals surface area contributed by atoms with Crippen LogP contribution in [0.15, 0.2) is 34.9 Å². The fourth-order valence-corrected chi connectivity index (χ4v) is 2.74. The molecule has 0 fully saturated rings. The van der Waals surface area contributed by atoms with Gasteiger partial charge < -0.3 is 14.9 Å². The maximum Gasteiger partial charge on any atom is 0.334 e. The molecule has 0 aliphatic carbocycles. The van der Waals surface area contributed by atoms with Crippen molar-refractivity contribution in [3.05, 3.63) is 34.9 Å². The molecule has 1 aliphatic heterocycles. The van der Waals surface area contributed by atoms with E-state index in [-0.39, 0.29) is 18.7 Å². The van der Waals surface area contributed by atoms with Crippen LogP contribution in [0, 0.1) is 0 Å². The number of cyclic esters (lactones) is 1. The average molecular weight is 336 g/mol. The molecule has 2 N–H and O–H groups in total. The molecule has 2 atom stereocenters. The van der Waals surface area contributed by atoms with Crippen LogP contribution in [0.4, 0.5) is 0 Å². The molecule has 24 heavy (non-hydrogen) atoms. The van der Waals surface area contributed by atoms with Crippen molar-refractivity contribution in [2.24, 2.45) is 0 Å². The van der Waals surface area contributed by atoms with E-state index in [2.05, 4.69) is 6.92 Å². The van der Waals surface area contributed by atoms with Gasteiger partial charge in [0, 0.05) is 12.0 Å². The number of aliphatic hydroxyl groups excluding tert-OH is 2. The van der Waals surface area contributed by atoms with Gasteiger partial charge in [-0.2, -0.15) is 0 Å². The Kier molecular flexibility index (Phi) is 9.65. The minimum Gasteiger partial charge on any atom is -0.455 e. The fourth-order valence-electron chi connectivity index (χ4n) is 2.74. The first-order valence-corrected chi connectivity index (χ1v) is 8.99. The van der Waals surface area contributed by atoms with Gasteiger partial charge in [-0.1, -0.05) is 43.1 Å². The first-order chi connectivity index (χ1) is 11.5. The van der Waals surface area contributed by atoms with Crippen LogP contribution in [0.3, 0.4) is 0 Å². The molecule has 0 aromatic carbocycles. The highest BCUT2D eigenvalue weighted by Gasteiger charge is 2.26. The van der Waals surface area contributed by atoms with Gasteiger partial charge in [0.2, 0.25) is 0 Å². The van der Waals surface area contributed by atoms with Gasteiger partial charge in [0.05, 0.1) is 12.7 Å². The van der Waals surface area contributed by atoms with Crippen molar-refractivity contribution in [2.75, 3.05) is 6.61 Å². The summed E-state index contributed by atoms with van der Waals surface area (Å²) < 4.78 is 5.34. The number of ether oxygens (including phenoxy) is 1. The van der Waals surface area contributed by atoms with Crippen LogP contribution in [-0.2, 0) is 9.53 Å². The number of aliphatic hydroxyl groups is 2. The fraction of sp³-hybridized carbons (Fsp3) is 0.650. The minimum absolute atomic E-state index is 0.0844. The van der Waals surface area contributed by atoms with Crippen LogP contribution < -0.4 is 0 Å². The molecule has 0 bridgehead atoms.